The van der Waals surface area contributed by atoms with Crippen LogP contribution in [-0.2, 0) is 28.6 Å². The van der Waals surface area contributed by atoms with Gasteiger partial charge in [-0.05, 0) is 69.4 Å². The summed E-state index contributed by atoms with van der Waals surface area (Å²) >= 11 is 0. The zero-order valence-electron chi connectivity index (χ0n) is 20.9. The van der Waals surface area contributed by atoms with Gasteiger partial charge in [-0.2, -0.15) is 0 Å². The van der Waals surface area contributed by atoms with Crippen molar-refractivity contribution in [3.8, 4) is 0 Å². The van der Waals surface area contributed by atoms with Crippen LogP contribution in [0.1, 0.15) is 109 Å². The third-order valence-corrected chi connectivity index (χ3v) is 9.28. The molecule has 7 rings (SSSR count). The van der Waals surface area contributed by atoms with Crippen LogP contribution in [0.2, 0.25) is 0 Å². The molecule has 6 nitrogen and oxygen atoms in total. The Morgan fingerprint density at radius 3 is 1.08 bits per heavy atom. The maximum atomic E-state index is 11.5. The Balaban J connectivity index is 1.34. The lowest BCUT2D eigenvalue weighted by Crippen LogP contribution is -2.19. The van der Waals surface area contributed by atoms with Gasteiger partial charge in [0.15, 0.2) is 0 Å². The van der Waals surface area contributed by atoms with Crippen molar-refractivity contribution in [3.05, 3.63) is 68.3 Å². The Labute approximate surface area is 210 Å². The Hall–Kier alpha value is -3.15. The first-order chi connectivity index (χ1) is 17.3. The fourth-order valence-electron chi connectivity index (χ4n) is 8.25. The van der Waals surface area contributed by atoms with E-state index in [1.807, 2.05) is 0 Å². The van der Waals surface area contributed by atoms with Crippen LogP contribution < -0.4 is 0 Å². The first-order valence-electron chi connectivity index (χ1n) is 13.1. The molecule has 1 aromatic rings. The van der Waals surface area contributed by atoms with Crippen LogP contribution in [0.25, 0.3) is 0 Å². The third kappa shape index (κ3) is 2.99. The van der Waals surface area contributed by atoms with Crippen LogP contribution in [0.5, 0.6) is 0 Å². The highest BCUT2D eigenvalue weighted by molar-refractivity contribution is 5.74. The molecule has 0 saturated carbocycles. The second-order valence-electron chi connectivity index (χ2n) is 11.2. The van der Waals surface area contributed by atoms with Crippen molar-refractivity contribution >= 4 is 17.9 Å². The molecule has 0 N–H and O–H groups in total. The number of hydrogen-bond donors (Lipinski definition) is 0. The van der Waals surface area contributed by atoms with Gasteiger partial charge < -0.3 is 14.2 Å². The Bertz CT molecular complexity index is 1160. The number of allylic oxidation sites excluding steroid dienone is 3. The minimum Gasteiger partial charge on any atom is -0.461 e. The topological polar surface area (TPSA) is 78.9 Å². The number of hydrogen-bond acceptors (Lipinski definition) is 6. The number of rotatable bonds is 6. The van der Waals surface area contributed by atoms with Crippen LogP contribution in [-0.4, -0.2) is 37.7 Å². The van der Waals surface area contributed by atoms with Gasteiger partial charge >= 0.3 is 17.9 Å². The van der Waals surface area contributed by atoms with Crippen LogP contribution >= 0.6 is 0 Å². The van der Waals surface area contributed by atoms with Gasteiger partial charge in [0.1, 0.15) is 19.8 Å². The first-order valence-corrected chi connectivity index (χ1v) is 13.1. The smallest absolute Gasteiger partial charge is 0.302 e. The lowest BCUT2D eigenvalue weighted by Gasteiger charge is -2.32. The molecule has 0 amide bonds. The molecule has 0 aromatic heterocycles. The minimum atomic E-state index is -0.243. The van der Waals surface area contributed by atoms with Crippen LogP contribution in [0.4, 0.5) is 0 Å². The summed E-state index contributed by atoms with van der Waals surface area (Å²) in [4.78, 5) is 34.6. The van der Waals surface area contributed by atoms with Gasteiger partial charge in [0.2, 0.25) is 0 Å². The summed E-state index contributed by atoms with van der Waals surface area (Å²) in [5, 5.41) is 0. The van der Waals surface area contributed by atoms with Crippen LogP contribution in [0.3, 0.4) is 0 Å². The highest BCUT2D eigenvalue weighted by Gasteiger charge is 2.54. The van der Waals surface area contributed by atoms with E-state index < -0.39 is 0 Å². The molecule has 0 spiro atoms. The summed E-state index contributed by atoms with van der Waals surface area (Å²) in [5.41, 5.74) is 12.6. The minimum absolute atomic E-state index is 0.243. The predicted molar refractivity (Wildman–Crippen MR) is 131 cm³/mol. The van der Waals surface area contributed by atoms with Gasteiger partial charge in [-0.1, -0.05) is 18.2 Å². The average Bonchev–Trinajstić information content (AvgIpc) is 3.65. The van der Waals surface area contributed by atoms with Crippen molar-refractivity contribution in [2.24, 2.45) is 0 Å². The van der Waals surface area contributed by atoms with E-state index in [9.17, 15) is 14.4 Å². The quantitative estimate of drug-likeness (QED) is 0.323. The Morgan fingerprint density at radius 2 is 0.833 bits per heavy atom. The van der Waals surface area contributed by atoms with Crippen molar-refractivity contribution in [3.63, 3.8) is 0 Å². The maximum Gasteiger partial charge on any atom is 0.302 e. The molecular weight excluding hydrogens is 456 g/mol. The van der Waals surface area contributed by atoms with Gasteiger partial charge in [-0.15, -0.1) is 0 Å². The second-order valence-corrected chi connectivity index (χ2v) is 11.2. The van der Waals surface area contributed by atoms with Gasteiger partial charge in [-0.3, -0.25) is 14.4 Å². The third-order valence-electron chi connectivity index (χ3n) is 9.28. The molecule has 6 atom stereocenters. The molecule has 0 heterocycles. The number of carbonyl (C=O) groups is 3. The van der Waals surface area contributed by atoms with E-state index in [1.165, 1.54) is 70.9 Å². The molecule has 1 unspecified atom stereocenters. The van der Waals surface area contributed by atoms with Crippen LogP contribution in [0, 0.1) is 0 Å². The van der Waals surface area contributed by atoms with Gasteiger partial charge in [0, 0.05) is 56.3 Å². The molecule has 6 aliphatic rings. The molecule has 0 saturated heterocycles. The van der Waals surface area contributed by atoms with Crippen molar-refractivity contribution in [2.45, 2.75) is 75.5 Å². The van der Waals surface area contributed by atoms with E-state index in [0.717, 1.165) is 19.3 Å². The Morgan fingerprint density at radius 1 is 0.556 bits per heavy atom. The number of fused-ring (bicyclic) bond motifs is 18. The Kier molecular flexibility index (Phi) is 4.71. The summed E-state index contributed by atoms with van der Waals surface area (Å²) < 4.78 is 16.3. The molecule has 186 valence electrons. The second kappa shape index (κ2) is 7.67. The molecule has 36 heavy (non-hydrogen) atoms. The lowest BCUT2D eigenvalue weighted by atomic mass is 9.72. The summed E-state index contributed by atoms with van der Waals surface area (Å²) in [6.07, 6.45) is 10.2. The van der Waals surface area contributed by atoms with E-state index in [-0.39, 0.29) is 17.9 Å². The summed E-state index contributed by atoms with van der Waals surface area (Å²) in [6, 6.07) is 0. The van der Waals surface area contributed by atoms with Crippen molar-refractivity contribution < 1.29 is 28.6 Å². The number of esters is 3. The molecule has 1 aromatic carbocycles. The summed E-state index contributed by atoms with van der Waals surface area (Å²) in [6.45, 7) is 5.50. The summed E-state index contributed by atoms with van der Waals surface area (Å²) in [7, 11) is 0. The largest absolute Gasteiger partial charge is 0.461 e. The molecule has 0 fully saturated rings. The first kappa shape index (κ1) is 22.1. The molecule has 0 aliphatic heterocycles. The average molecular weight is 487 g/mol. The maximum absolute atomic E-state index is 11.5. The normalized spacial score (nSPS) is 30.9. The standard InChI is InChI=1S/C30H30O6/c1-13(31)34-10-19-4-16-7-22(19)28-25(16)29-23-9-18(6-21(23)12-36-15(3)33)27(29)30-24-8-17(26(28)30)5-20(24)11-35-14(2)32/h4-6,16-18,22-24H,7-12H2,1-3H3/t16-,17-,18?,22-,23-,24-/m0/s1. The van der Waals surface area contributed by atoms with Gasteiger partial charge in [0.25, 0.3) is 0 Å². The van der Waals surface area contributed by atoms with Crippen LogP contribution in [0.15, 0.2) is 34.9 Å². The number of benzene rings is 1. The molecule has 6 aliphatic carbocycles. The monoisotopic (exact) mass is 486 g/mol. The van der Waals surface area contributed by atoms with E-state index in [2.05, 4.69) is 18.2 Å². The molecule has 6 heteroatoms. The summed E-state index contributed by atoms with van der Waals surface area (Å²) in [5.74, 6) is 1.23. The molecule has 6 bridgehead atoms. The van der Waals surface area contributed by atoms with Crippen molar-refractivity contribution in [1.29, 1.82) is 0 Å². The highest BCUT2D eigenvalue weighted by atomic mass is 16.5. The van der Waals surface area contributed by atoms with E-state index in [0.29, 0.717) is 55.3 Å². The van der Waals surface area contributed by atoms with Gasteiger partial charge in [0.05, 0.1) is 0 Å². The highest BCUT2D eigenvalue weighted by Crippen LogP contribution is 2.68. The van der Waals surface area contributed by atoms with Gasteiger partial charge in [-0.25, -0.2) is 0 Å². The van der Waals surface area contributed by atoms with E-state index >= 15 is 0 Å². The molecule has 0 radical (unpaired) electrons. The predicted octanol–water partition coefficient (Wildman–Crippen LogP) is 4.91. The zero-order valence-corrected chi connectivity index (χ0v) is 20.9. The zero-order chi connectivity index (χ0) is 24.9. The lowest BCUT2D eigenvalue weighted by molar-refractivity contribution is -0.141. The fraction of sp³-hybridized carbons (Fsp3) is 0.500. The van der Waals surface area contributed by atoms with Crippen molar-refractivity contribution in [1.82, 2.24) is 0 Å². The van der Waals surface area contributed by atoms with E-state index in [1.54, 1.807) is 0 Å². The number of carbonyl (C=O) groups excluding carboxylic acids is 3. The fourth-order valence-corrected chi connectivity index (χ4v) is 8.25. The SMILES string of the molecule is CC(=O)OCC1=CC2C[C@@H]1c1c2c2c(c3c1[C@H]1C=C(COC(C)=O)[C@@H]3C1)[C@H]1C=C(COC(C)=O)[C@@H]2C1. The van der Waals surface area contributed by atoms with Crippen molar-refractivity contribution in [2.75, 3.05) is 19.8 Å². The van der Waals surface area contributed by atoms with E-state index in [4.69, 9.17) is 14.2 Å². The molecular formula is C30H30O6. The number of ether oxygens (including phenoxy) is 3.